The minimum atomic E-state index is -0.213. The van der Waals surface area contributed by atoms with Crippen molar-refractivity contribution >= 4 is 52.0 Å². The lowest BCUT2D eigenvalue weighted by molar-refractivity contribution is -0.120. The Morgan fingerprint density at radius 2 is 1.72 bits per heavy atom. The molecule has 0 fully saturated rings. The largest absolute Gasteiger partial charge is 0.395 e. The number of carbonyl (C=O) groups is 2. The van der Waals surface area contributed by atoms with E-state index < -0.39 is 0 Å². The van der Waals surface area contributed by atoms with E-state index >= 15 is 0 Å². The van der Waals surface area contributed by atoms with Crippen LogP contribution in [-0.4, -0.2) is 30.1 Å². The Hall–Kier alpha value is -2.38. The number of nitrogens with one attached hydrogen (secondary N) is 2. The lowest BCUT2D eigenvalue weighted by Crippen LogP contribution is -2.27. The second-order valence-electron chi connectivity index (χ2n) is 6.19. The average Bonchev–Trinajstić information content (AvgIpc) is 3.20. The van der Waals surface area contributed by atoms with Gasteiger partial charge in [-0.2, -0.15) is 0 Å². The van der Waals surface area contributed by atoms with E-state index in [-0.39, 0.29) is 31.4 Å². The molecule has 0 aliphatic carbocycles. The fourth-order valence-corrected chi connectivity index (χ4v) is 3.80. The Balaban J connectivity index is 1.62. The predicted octanol–water partition coefficient (Wildman–Crippen LogP) is 4.63. The molecule has 1 heterocycles. The van der Waals surface area contributed by atoms with Crippen LogP contribution in [0.2, 0.25) is 10.0 Å². The van der Waals surface area contributed by atoms with Gasteiger partial charge in [0.05, 0.1) is 28.0 Å². The zero-order chi connectivity index (χ0) is 20.8. The fraction of sp³-hybridized carbons (Fsp3) is 0.143. The Morgan fingerprint density at radius 3 is 2.41 bits per heavy atom. The maximum absolute atomic E-state index is 12.5. The van der Waals surface area contributed by atoms with Gasteiger partial charge in [-0.05, 0) is 47.5 Å². The Kier molecular flexibility index (Phi) is 7.28. The van der Waals surface area contributed by atoms with Crippen LogP contribution >= 0.6 is 34.5 Å². The first-order chi connectivity index (χ1) is 14.0. The van der Waals surface area contributed by atoms with Gasteiger partial charge in [-0.1, -0.05) is 41.4 Å². The SMILES string of the molecule is O=C(Cc1ccc(NC(=O)c2ccc(-c3ccc(Cl)c(Cl)c3)s2)cc1)NCCO. The van der Waals surface area contributed by atoms with Crippen LogP contribution in [0.4, 0.5) is 5.69 Å². The number of carbonyl (C=O) groups excluding carboxylic acids is 2. The number of aliphatic hydroxyl groups excluding tert-OH is 1. The maximum Gasteiger partial charge on any atom is 0.265 e. The molecule has 0 saturated carbocycles. The van der Waals surface area contributed by atoms with Crippen molar-refractivity contribution < 1.29 is 14.7 Å². The molecule has 0 atom stereocenters. The van der Waals surface area contributed by atoms with Gasteiger partial charge in [-0.15, -0.1) is 11.3 Å². The van der Waals surface area contributed by atoms with E-state index in [0.717, 1.165) is 16.0 Å². The lowest BCUT2D eigenvalue weighted by atomic mass is 10.1. The monoisotopic (exact) mass is 448 g/mol. The summed E-state index contributed by atoms with van der Waals surface area (Å²) in [5.41, 5.74) is 2.35. The highest BCUT2D eigenvalue weighted by molar-refractivity contribution is 7.17. The standard InChI is InChI=1S/C21H18Cl2N2O3S/c22-16-6-3-14(12-17(16)23)18-7-8-19(29-18)21(28)25-15-4-1-13(2-5-15)11-20(27)24-9-10-26/h1-8,12,26H,9-11H2,(H,24,27)(H,25,28). The molecule has 0 aliphatic heterocycles. The number of benzene rings is 2. The zero-order valence-electron chi connectivity index (χ0n) is 15.2. The van der Waals surface area contributed by atoms with E-state index in [2.05, 4.69) is 10.6 Å². The van der Waals surface area contributed by atoms with Crippen molar-refractivity contribution in [1.29, 1.82) is 0 Å². The van der Waals surface area contributed by atoms with Crippen LogP contribution in [0.3, 0.4) is 0 Å². The van der Waals surface area contributed by atoms with Crippen molar-refractivity contribution in [3.63, 3.8) is 0 Å². The predicted molar refractivity (Wildman–Crippen MR) is 118 cm³/mol. The summed E-state index contributed by atoms with van der Waals surface area (Å²) >= 11 is 13.4. The van der Waals surface area contributed by atoms with Gasteiger partial charge in [0.2, 0.25) is 5.91 Å². The third-order valence-electron chi connectivity index (χ3n) is 4.04. The first-order valence-electron chi connectivity index (χ1n) is 8.79. The highest BCUT2D eigenvalue weighted by atomic mass is 35.5. The Morgan fingerprint density at radius 1 is 0.966 bits per heavy atom. The molecule has 0 bridgehead atoms. The number of rotatable bonds is 7. The van der Waals surface area contributed by atoms with Crippen molar-refractivity contribution in [2.75, 3.05) is 18.5 Å². The van der Waals surface area contributed by atoms with Gasteiger partial charge in [0.15, 0.2) is 0 Å². The van der Waals surface area contributed by atoms with Crippen LogP contribution in [0.15, 0.2) is 54.6 Å². The van der Waals surface area contributed by atoms with E-state index in [4.69, 9.17) is 28.3 Å². The molecular formula is C21H18Cl2N2O3S. The summed E-state index contributed by atoms with van der Waals surface area (Å²) < 4.78 is 0. The molecule has 3 rings (SSSR count). The number of hydrogen-bond acceptors (Lipinski definition) is 4. The minimum Gasteiger partial charge on any atom is -0.395 e. The van der Waals surface area contributed by atoms with Gasteiger partial charge < -0.3 is 15.7 Å². The van der Waals surface area contributed by atoms with E-state index in [1.807, 2.05) is 12.1 Å². The molecule has 2 amide bonds. The first-order valence-corrected chi connectivity index (χ1v) is 10.4. The van der Waals surface area contributed by atoms with Gasteiger partial charge in [0.1, 0.15) is 0 Å². The van der Waals surface area contributed by atoms with Crippen LogP contribution < -0.4 is 10.6 Å². The summed E-state index contributed by atoms with van der Waals surface area (Å²) in [6.45, 7) is 0.143. The van der Waals surface area contributed by atoms with Crippen molar-refractivity contribution in [3.8, 4) is 10.4 Å². The summed E-state index contributed by atoms with van der Waals surface area (Å²) in [6, 6.07) is 16.0. The molecule has 0 radical (unpaired) electrons. The van der Waals surface area contributed by atoms with Crippen molar-refractivity contribution in [2.45, 2.75) is 6.42 Å². The van der Waals surface area contributed by atoms with E-state index in [1.54, 1.807) is 42.5 Å². The molecule has 5 nitrogen and oxygen atoms in total. The highest BCUT2D eigenvalue weighted by Gasteiger charge is 2.12. The topological polar surface area (TPSA) is 78.4 Å². The minimum absolute atomic E-state index is 0.0911. The molecular weight excluding hydrogens is 431 g/mol. The molecule has 29 heavy (non-hydrogen) atoms. The summed E-state index contributed by atoms with van der Waals surface area (Å²) in [7, 11) is 0. The maximum atomic E-state index is 12.5. The van der Waals surface area contributed by atoms with Crippen molar-refractivity contribution in [1.82, 2.24) is 5.32 Å². The summed E-state index contributed by atoms with van der Waals surface area (Å²) in [5.74, 6) is -0.376. The third-order valence-corrected chi connectivity index (χ3v) is 5.92. The number of aliphatic hydroxyl groups is 1. The molecule has 2 aromatic carbocycles. The molecule has 1 aromatic heterocycles. The number of halogens is 2. The molecule has 8 heteroatoms. The van der Waals surface area contributed by atoms with E-state index in [1.165, 1.54) is 11.3 Å². The molecule has 3 N–H and O–H groups in total. The molecule has 150 valence electrons. The van der Waals surface area contributed by atoms with Gasteiger partial charge in [-0.25, -0.2) is 0 Å². The van der Waals surface area contributed by atoms with Crippen molar-refractivity contribution in [2.24, 2.45) is 0 Å². The second-order valence-corrected chi connectivity index (χ2v) is 8.09. The van der Waals surface area contributed by atoms with Crippen LogP contribution in [-0.2, 0) is 11.2 Å². The number of anilines is 1. The van der Waals surface area contributed by atoms with Gasteiger partial charge in [0, 0.05) is 17.1 Å². The van der Waals surface area contributed by atoms with Crippen molar-refractivity contribution in [3.05, 3.63) is 75.1 Å². The second kappa shape index (κ2) is 9.89. The Labute approximate surface area is 182 Å². The first kappa shape index (κ1) is 21.3. The number of thiophene rings is 1. The molecule has 0 aliphatic rings. The van der Waals surface area contributed by atoms with E-state index in [9.17, 15) is 9.59 Å². The van der Waals surface area contributed by atoms with Crippen LogP contribution in [0.5, 0.6) is 0 Å². The summed E-state index contributed by atoms with van der Waals surface area (Å²) in [4.78, 5) is 25.7. The summed E-state index contributed by atoms with van der Waals surface area (Å²) in [5, 5.41) is 15.1. The van der Waals surface area contributed by atoms with Crippen LogP contribution in [0, 0.1) is 0 Å². The highest BCUT2D eigenvalue weighted by Crippen LogP contribution is 2.33. The van der Waals surface area contributed by atoms with Gasteiger partial charge >= 0.3 is 0 Å². The van der Waals surface area contributed by atoms with Crippen LogP contribution in [0.1, 0.15) is 15.2 Å². The van der Waals surface area contributed by atoms with Gasteiger partial charge in [0.25, 0.3) is 5.91 Å². The molecule has 3 aromatic rings. The normalized spacial score (nSPS) is 10.6. The van der Waals surface area contributed by atoms with Gasteiger partial charge in [-0.3, -0.25) is 9.59 Å². The van der Waals surface area contributed by atoms with E-state index in [0.29, 0.717) is 20.6 Å². The quantitative estimate of drug-likeness (QED) is 0.493. The average molecular weight is 449 g/mol. The lowest BCUT2D eigenvalue weighted by Gasteiger charge is -2.06. The zero-order valence-corrected chi connectivity index (χ0v) is 17.6. The third kappa shape index (κ3) is 5.81. The summed E-state index contributed by atoms with van der Waals surface area (Å²) in [6.07, 6.45) is 0.214. The molecule has 0 saturated heterocycles. The molecule has 0 spiro atoms. The Bertz CT molecular complexity index is 1020. The fourth-order valence-electron chi connectivity index (χ4n) is 2.61. The number of hydrogen-bond donors (Lipinski definition) is 3. The number of amides is 2. The molecule has 0 unspecified atom stereocenters. The smallest absolute Gasteiger partial charge is 0.265 e. The van der Waals surface area contributed by atoms with Crippen LogP contribution in [0.25, 0.3) is 10.4 Å².